The maximum absolute atomic E-state index is 11.0. The second-order valence-corrected chi connectivity index (χ2v) is 4.80. The van der Waals surface area contributed by atoms with Gasteiger partial charge in [-0.3, -0.25) is 4.79 Å². The number of aliphatic carboxylic acids is 1. The summed E-state index contributed by atoms with van der Waals surface area (Å²) in [6.45, 7) is 1.29. The van der Waals surface area contributed by atoms with Crippen molar-refractivity contribution in [2.75, 3.05) is 5.75 Å². The molecule has 0 bridgehead atoms. The van der Waals surface area contributed by atoms with Gasteiger partial charge in [-0.1, -0.05) is 0 Å². The summed E-state index contributed by atoms with van der Waals surface area (Å²) in [7, 11) is 0. The van der Waals surface area contributed by atoms with E-state index in [0.29, 0.717) is 5.03 Å². The van der Waals surface area contributed by atoms with Crippen LogP contribution in [0.2, 0.25) is 0 Å². The van der Waals surface area contributed by atoms with Gasteiger partial charge in [0.05, 0.1) is 11.7 Å². The molecule has 0 spiro atoms. The predicted octanol–water partition coefficient (Wildman–Crippen LogP) is 0.411. The Labute approximate surface area is 113 Å². The Hall–Kier alpha value is -2.09. The fourth-order valence-electron chi connectivity index (χ4n) is 1.53. The van der Waals surface area contributed by atoms with Gasteiger partial charge in [-0.25, -0.2) is 14.3 Å². The van der Waals surface area contributed by atoms with Crippen molar-refractivity contribution in [3.8, 4) is 0 Å². The molecule has 7 nitrogen and oxygen atoms in total. The number of rotatable bonds is 5. The zero-order chi connectivity index (χ0) is 13.8. The number of nitrogens with zero attached hydrogens (tertiary/aromatic N) is 3. The Morgan fingerprint density at radius 1 is 1.53 bits per heavy atom. The highest BCUT2D eigenvalue weighted by atomic mass is 32.2. The average Bonchev–Trinajstić information content (AvgIpc) is 2.82. The fourth-order valence-corrected chi connectivity index (χ4v) is 2.52. The summed E-state index contributed by atoms with van der Waals surface area (Å²) in [5.41, 5.74) is 0.805. The first-order chi connectivity index (χ1) is 9.08. The van der Waals surface area contributed by atoms with Crippen molar-refractivity contribution in [1.29, 1.82) is 0 Å². The van der Waals surface area contributed by atoms with Gasteiger partial charge in [-0.2, -0.15) is 5.10 Å². The van der Waals surface area contributed by atoms with Gasteiger partial charge < -0.3 is 10.4 Å². The minimum Gasteiger partial charge on any atom is -0.480 e. The van der Waals surface area contributed by atoms with E-state index in [9.17, 15) is 9.59 Å². The molecule has 2 N–H and O–H groups in total. The average molecular weight is 280 g/mol. The lowest BCUT2D eigenvalue weighted by atomic mass is 10.3. The van der Waals surface area contributed by atoms with E-state index in [0.717, 1.165) is 5.52 Å². The summed E-state index contributed by atoms with van der Waals surface area (Å²) in [6.07, 6.45) is 4.95. The Bertz CT molecular complexity index is 613. The van der Waals surface area contributed by atoms with Crippen LogP contribution in [0.5, 0.6) is 0 Å². The number of hydrogen-bond donors (Lipinski definition) is 2. The highest BCUT2D eigenvalue weighted by Gasteiger charge is 2.19. The monoisotopic (exact) mass is 280 g/mol. The van der Waals surface area contributed by atoms with Crippen LogP contribution in [-0.4, -0.2) is 43.4 Å². The highest BCUT2D eigenvalue weighted by Crippen LogP contribution is 2.21. The van der Waals surface area contributed by atoms with Crippen molar-refractivity contribution in [2.24, 2.45) is 0 Å². The molecule has 0 radical (unpaired) electrons. The lowest BCUT2D eigenvalue weighted by Gasteiger charge is -2.12. The summed E-state index contributed by atoms with van der Waals surface area (Å²) >= 11 is 1.27. The number of thioether (sulfide) groups is 1. The van der Waals surface area contributed by atoms with E-state index in [1.54, 1.807) is 29.2 Å². The first-order valence-corrected chi connectivity index (χ1v) is 6.47. The normalized spacial score (nSPS) is 12.3. The molecule has 2 aromatic heterocycles. The molecule has 0 saturated heterocycles. The van der Waals surface area contributed by atoms with Crippen LogP contribution in [0.1, 0.15) is 6.92 Å². The number of carboxylic acids is 1. The standard InChI is InChI=1S/C11H12N4O3S/c1-7(16)14-8(11(17)18)6-19-10-9-2-3-13-15(9)5-4-12-10/h2-5,8H,6H2,1H3,(H,14,16)(H,17,18). The molecule has 8 heteroatoms. The van der Waals surface area contributed by atoms with Crippen LogP contribution in [0, 0.1) is 0 Å². The van der Waals surface area contributed by atoms with Gasteiger partial charge in [0.25, 0.3) is 0 Å². The highest BCUT2D eigenvalue weighted by molar-refractivity contribution is 7.99. The molecule has 0 aliphatic rings. The molecule has 0 aromatic carbocycles. The first kappa shape index (κ1) is 13.3. The Balaban J connectivity index is 2.10. The maximum Gasteiger partial charge on any atom is 0.327 e. The molecule has 19 heavy (non-hydrogen) atoms. The molecule has 0 fully saturated rings. The lowest BCUT2D eigenvalue weighted by Crippen LogP contribution is -2.41. The summed E-state index contributed by atoms with van der Waals surface area (Å²) in [5, 5.41) is 16.1. The number of amides is 1. The zero-order valence-electron chi connectivity index (χ0n) is 10.1. The second kappa shape index (κ2) is 5.70. The zero-order valence-corrected chi connectivity index (χ0v) is 10.9. The smallest absolute Gasteiger partial charge is 0.327 e. The number of aromatic nitrogens is 3. The minimum atomic E-state index is -1.07. The van der Waals surface area contributed by atoms with Crippen LogP contribution < -0.4 is 5.32 Å². The Morgan fingerprint density at radius 2 is 2.32 bits per heavy atom. The number of nitrogens with one attached hydrogen (secondary N) is 1. The van der Waals surface area contributed by atoms with Crippen molar-refractivity contribution < 1.29 is 14.7 Å². The van der Waals surface area contributed by atoms with Gasteiger partial charge in [-0.05, 0) is 6.07 Å². The van der Waals surface area contributed by atoms with E-state index >= 15 is 0 Å². The second-order valence-electron chi connectivity index (χ2n) is 3.80. The van der Waals surface area contributed by atoms with Crippen LogP contribution in [0.15, 0.2) is 29.7 Å². The Morgan fingerprint density at radius 3 is 3.00 bits per heavy atom. The lowest BCUT2D eigenvalue weighted by molar-refractivity contribution is -0.140. The third-order valence-electron chi connectivity index (χ3n) is 2.35. The van der Waals surface area contributed by atoms with Crippen molar-refractivity contribution in [2.45, 2.75) is 18.0 Å². The van der Waals surface area contributed by atoms with Crippen LogP contribution in [-0.2, 0) is 9.59 Å². The minimum absolute atomic E-state index is 0.201. The molecular weight excluding hydrogens is 268 g/mol. The molecule has 0 aliphatic carbocycles. The molecule has 2 aromatic rings. The number of hydrogen-bond acceptors (Lipinski definition) is 5. The first-order valence-electron chi connectivity index (χ1n) is 5.49. The van der Waals surface area contributed by atoms with Gasteiger partial charge in [0.1, 0.15) is 11.1 Å². The molecular formula is C11H12N4O3S. The largest absolute Gasteiger partial charge is 0.480 e. The predicted molar refractivity (Wildman–Crippen MR) is 69.0 cm³/mol. The van der Waals surface area contributed by atoms with Crippen molar-refractivity contribution in [3.63, 3.8) is 0 Å². The van der Waals surface area contributed by atoms with Crippen molar-refractivity contribution >= 4 is 29.2 Å². The van der Waals surface area contributed by atoms with Gasteiger partial charge in [0.15, 0.2) is 0 Å². The molecule has 0 aliphatic heterocycles. The summed E-state index contributed by atoms with van der Waals surface area (Å²) in [6, 6.07) is 0.858. The van der Waals surface area contributed by atoms with Crippen molar-refractivity contribution in [1.82, 2.24) is 19.9 Å². The molecule has 0 saturated carbocycles. The van der Waals surface area contributed by atoms with E-state index in [2.05, 4.69) is 15.4 Å². The van der Waals surface area contributed by atoms with E-state index < -0.39 is 12.0 Å². The van der Waals surface area contributed by atoms with E-state index in [-0.39, 0.29) is 11.7 Å². The third kappa shape index (κ3) is 3.22. The number of fused-ring (bicyclic) bond motifs is 1. The van der Waals surface area contributed by atoms with Gasteiger partial charge in [-0.15, -0.1) is 11.8 Å². The molecule has 100 valence electrons. The van der Waals surface area contributed by atoms with Crippen LogP contribution in [0.4, 0.5) is 0 Å². The number of carbonyl (C=O) groups is 2. The molecule has 1 amide bonds. The third-order valence-corrected chi connectivity index (χ3v) is 3.44. The molecule has 1 atom stereocenters. The van der Waals surface area contributed by atoms with Crippen LogP contribution in [0.3, 0.4) is 0 Å². The summed E-state index contributed by atoms with van der Waals surface area (Å²) in [4.78, 5) is 26.1. The quantitative estimate of drug-likeness (QED) is 0.770. The molecule has 1 unspecified atom stereocenters. The fraction of sp³-hybridized carbons (Fsp3) is 0.273. The SMILES string of the molecule is CC(=O)NC(CSc1nccn2nccc12)C(=O)O. The Kier molecular flexibility index (Phi) is 4.00. The van der Waals surface area contributed by atoms with Gasteiger partial charge in [0, 0.05) is 25.1 Å². The van der Waals surface area contributed by atoms with Crippen molar-refractivity contribution in [3.05, 3.63) is 24.7 Å². The summed E-state index contributed by atoms with van der Waals surface area (Å²) < 4.78 is 1.66. The molecule has 2 heterocycles. The number of carboxylic acid groups (broad SMARTS) is 1. The van der Waals surface area contributed by atoms with Crippen LogP contribution >= 0.6 is 11.8 Å². The van der Waals surface area contributed by atoms with E-state index in [1.165, 1.54) is 18.7 Å². The topological polar surface area (TPSA) is 96.6 Å². The molecule has 2 rings (SSSR count). The van der Waals surface area contributed by atoms with Crippen LogP contribution in [0.25, 0.3) is 5.52 Å². The van der Waals surface area contributed by atoms with Gasteiger partial charge in [0.2, 0.25) is 5.91 Å². The van der Waals surface area contributed by atoms with Gasteiger partial charge >= 0.3 is 5.97 Å². The summed E-state index contributed by atoms with van der Waals surface area (Å²) in [5.74, 6) is -1.24. The van der Waals surface area contributed by atoms with E-state index in [4.69, 9.17) is 5.11 Å². The maximum atomic E-state index is 11.0. The number of carbonyl (C=O) groups excluding carboxylic acids is 1. The van der Waals surface area contributed by atoms with E-state index in [1.807, 2.05) is 0 Å².